The predicted octanol–water partition coefficient (Wildman–Crippen LogP) is 3.84. The van der Waals surface area contributed by atoms with Crippen LogP contribution in [-0.4, -0.2) is 40.6 Å². The van der Waals surface area contributed by atoms with Crippen LogP contribution in [0.3, 0.4) is 0 Å². The van der Waals surface area contributed by atoms with Crippen molar-refractivity contribution in [1.29, 1.82) is 0 Å². The molecule has 0 radical (unpaired) electrons. The lowest BCUT2D eigenvalue weighted by Gasteiger charge is -2.21. The van der Waals surface area contributed by atoms with Crippen LogP contribution < -0.4 is 5.32 Å². The maximum Gasteiger partial charge on any atom is 0.229 e. The van der Waals surface area contributed by atoms with Crippen molar-refractivity contribution in [1.82, 2.24) is 20.4 Å². The topological polar surface area (TPSA) is 71.3 Å². The van der Waals surface area contributed by atoms with E-state index < -0.39 is 0 Å². The molecule has 0 bridgehead atoms. The Hall–Kier alpha value is -1.73. The van der Waals surface area contributed by atoms with Gasteiger partial charge in [-0.3, -0.25) is 9.69 Å². The number of aromatic nitrogens is 2. The second-order valence-corrected chi connectivity index (χ2v) is 9.03. The summed E-state index contributed by atoms with van der Waals surface area (Å²) in [6.07, 6.45) is 3.45. The van der Waals surface area contributed by atoms with Gasteiger partial charge in [-0.1, -0.05) is 19.0 Å². The van der Waals surface area contributed by atoms with E-state index in [4.69, 9.17) is 4.52 Å². The Morgan fingerprint density at radius 2 is 2.19 bits per heavy atom. The molecule has 1 aliphatic heterocycles. The van der Waals surface area contributed by atoms with Gasteiger partial charge in [0.05, 0.1) is 0 Å². The van der Waals surface area contributed by atoms with E-state index in [1.807, 2.05) is 11.3 Å². The molecule has 6 nitrogen and oxygen atoms in total. The van der Waals surface area contributed by atoms with Crippen molar-refractivity contribution < 1.29 is 9.32 Å². The van der Waals surface area contributed by atoms with Gasteiger partial charge in [0.1, 0.15) is 0 Å². The number of aryl methyl sites for hydroxylation is 1. The van der Waals surface area contributed by atoms with Crippen LogP contribution in [0.1, 0.15) is 72.8 Å². The number of carbonyl (C=O) groups is 1. The van der Waals surface area contributed by atoms with E-state index in [1.54, 1.807) is 0 Å². The molecule has 2 aromatic heterocycles. The summed E-state index contributed by atoms with van der Waals surface area (Å²) >= 11 is 1.83. The van der Waals surface area contributed by atoms with Gasteiger partial charge in [0.15, 0.2) is 5.82 Å². The first kappa shape index (κ1) is 20.0. The van der Waals surface area contributed by atoms with Crippen molar-refractivity contribution >= 4 is 17.2 Å². The quantitative estimate of drug-likeness (QED) is 0.859. The number of hydrogen-bond donors (Lipinski definition) is 1. The minimum Gasteiger partial charge on any atom is -0.356 e. The van der Waals surface area contributed by atoms with Crippen LogP contribution in [0, 0.1) is 6.92 Å². The Balaban J connectivity index is 1.65. The molecular formula is C20H30N4O2S. The van der Waals surface area contributed by atoms with Gasteiger partial charge in [-0.25, -0.2) is 0 Å². The number of nitrogens with zero attached hydrogens (tertiary/aromatic N) is 3. The smallest absolute Gasteiger partial charge is 0.229 e. The van der Waals surface area contributed by atoms with Crippen LogP contribution >= 0.6 is 11.3 Å². The molecule has 2 aromatic rings. The molecule has 1 aliphatic rings. The van der Waals surface area contributed by atoms with Gasteiger partial charge >= 0.3 is 0 Å². The number of thiophene rings is 1. The average molecular weight is 391 g/mol. The van der Waals surface area contributed by atoms with Crippen molar-refractivity contribution in [3.8, 4) is 0 Å². The fourth-order valence-corrected chi connectivity index (χ4v) is 4.33. The highest BCUT2D eigenvalue weighted by Gasteiger charge is 2.22. The lowest BCUT2D eigenvalue weighted by molar-refractivity contribution is -0.121. The van der Waals surface area contributed by atoms with Crippen LogP contribution in [0.25, 0.3) is 0 Å². The third-order valence-electron chi connectivity index (χ3n) is 5.00. The molecule has 1 fully saturated rings. The Kier molecular flexibility index (Phi) is 7.01. The standard InChI is InChI=1S/C20H30N4O2S/c1-14(2)19-22-20(26-23-19)16-5-4-11-24(12-9-18(25)21-10-8-16)13-17-7-6-15(3)27-17/h6-7,14,16H,4-5,8-13H2,1-3H3,(H,21,25). The van der Waals surface area contributed by atoms with E-state index >= 15 is 0 Å². The SMILES string of the molecule is Cc1ccc(CN2CCCC(c3nc(C(C)C)no3)CCNC(=O)CC2)s1. The third-order valence-corrected chi connectivity index (χ3v) is 5.98. The van der Waals surface area contributed by atoms with Gasteiger partial charge in [0.2, 0.25) is 11.8 Å². The second kappa shape index (κ2) is 9.46. The second-order valence-electron chi connectivity index (χ2n) is 7.66. The number of amides is 1. The summed E-state index contributed by atoms with van der Waals surface area (Å²) in [6, 6.07) is 4.36. The van der Waals surface area contributed by atoms with E-state index in [0.29, 0.717) is 18.9 Å². The summed E-state index contributed by atoms with van der Waals surface area (Å²) in [5.41, 5.74) is 0. The van der Waals surface area contributed by atoms with Crippen LogP contribution in [-0.2, 0) is 11.3 Å². The summed E-state index contributed by atoms with van der Waals surface area (Å²) in [7, 11) is 0. The van der Waals surface area contributed by atoms with Gasteiger partial charge in [-0.05, 0) is 44.9 Å². The molecule has 0 aromatic carbocycles. The fourth-order valence-electron chi connectivity index (χ4n) is 3.39. The van der Waals surface area contributed by atoms with Gasteiger partial charge in [-0.15, -0.1) is 11.3 Å². The molecule has 3 rings (SSSR count). The number of rotatable bonds is 4. The lowest BCUT2D eigenvalue weighted by Crippen LogP contribution is -2.31. The highest BCUT2D eigenvalue weighted by Crippen LogP contribution is 2.26. The normalized spacial score (nSPS) is 20.4. The first-order chi connectivity index (χ1) is 13.0. The van der Waals surface area contributed by atoms with E-state index in [9.17, 15) is 4.79 Å². The molecule has 3 heterocycles. The zero-order valence-electron chi connectivity index (χ0n) is 16.5. The molecule has 27 heavy (non-hydrogen) atoms. The minimum atomic E-state index is 0.122. The van der Waals surface area contributed by atoms with Crippen molar-refractivity contribution in [3.05, 3.63) is 33.6 Å². The number of hydrogen-bond acceptors (Lipinski definition) is 6. The summed E-state index contributed by atoms with van der Waals surface area (Å²) < 4.78 is 5.53. The van der Waals surface area contributed by atoms with Crippen LogP contribution in [0.15, 0.2) is 16.7 Å². The zero-order valence-corrected chi connectivity index (χ0v) is 17.3. The summed E-state index contributed by atoms with van der Waals surface area (Å²) in [6.45, 7) is 9.61. The van der Waals surface area contributed by atoms with E-state index in [-0.39, 0.29) is 17.7 Å². The predicted molar refractivity (Wildman–Crippen MR) is 107 cm³/mol. The zero-order chi connectivity index (χ0) is 19.2. The van der Waals surface area contributed by atoms with Gasteiger partial charge < -0.3 is 9.84 Å². The molecule has 148 valence electrons. The molecule has 1 unspecified atom stereocenters. The Morgan fingerprint density at radius 3 is 2.89 bits per heavy atom. The first-order valence-electron chi connectivity index (χ1n) is 9.89. The van der Waals surface area contributed by atoms with Gasteiger partial charge in [-0.2, -0.15) is 4.98 Å². The lowest BCUT2D eigenvalue weighted by atomic mass is 9.99. The van der Waals surface area contributed by atoms with Gasteiger partial charge in [0.25, 0.3) is 0 Å². The Morgan fingerprint density at radius 1 is 1.33 bits per heavy atom. The molecule has 1 N–H and O–H groups in total. The first-order valence-corrected chi connectivity index (χ1v) is 10.7. The van der Waals surface area contributed by atoms with Crippen molar-refractivity contribution in [2.45, 2.75) is 64.8 Å². The maximum atomic E-state index is 12.2. The summed E-state index contributed by atoms with van der Waals surface area (Å²) in [4.78, 5) is 21.8. The molecule has 1 saturated heterocycles. The molecular weight excluding hydrogens is 360 g/mol. The van der Waals surface area contributed by atoms with Crippen molar-refractivity contribution in [3.63, 3.8) is 0 Å². The molecule has 1 atom stereocenters. The largest absolute Gasteiger partial charge is 0.356 e. The number of nitrogens with one attached hydrogen (secondary N) is 1. The molecule has 0 spiro atoms. The highest BCUT2D eigenvalue weighted by molar-refractivity contribution is 7.11. The summed E-state index contributed by atoms with van der Waals surface area (Å²) in [5, 5.41) is 7.16. The minimum absolute atomic E-state index is 0.122. The van der Waals surface area contributed by atoms with Crippen LogP contribution in [0.5, 0.6) is 0 Å². The van der Waals surface area contributed by atoms with Crippen LogP contribution in [0.4, 0.5) is 0 Å². The molecule has 0 saturated carbocycles. The van der Waals surface area contributed by atoms with Crippen LogP contribution in [0.2, 0.25) is 0 Å². The highest BCUT2D eigenvalue weighted by atomic mass is 32.1. The maximum absolute atomic E-state index is 12.2. The monoisotopic (exact) mass is 390 g/mol. The van der Waals surface area contributed by atoms with E-state index in [1.165, 1.54) is 9.75 Å². The molecule has 0 aliphatic carbocycles. The fraction of sp³-hybridized carbons (Fsp3) is 0.650. The third kappa shape index (κ3) is 5.87. The Bertz CT molecular complexity index is 740. The average Bonchev–Trinajstić information content (AvgIpc) is 3.26. The van der Waals surface area contributed by atoms with Crippen molar-refractivity contribution in [2.24, 2.45) is 0 Å². The Labute approximate surface area is 165 Å². The van der Waals surface area contributed by atoms with Crippen molar-refractivity contribution in [2.75, 3.05) is 19.6 Å². The van der Waals surface area contributed by atoms with E-state index in [0.717, 1.165) is 44.7 Å². The molecule has 7 heteroatoms. The van der Waals surface area contributed by atoms with Gasteiger partial charge in [0, 0.05) is 47.6 Å². The molecule has 1 amide bonds. The number of carbonyl (C=O) groups excluding carboxylic acids is 1. The van der Waals surface area contributed by atoms with E-state index in [2.05, 4.69) is 53.3 Å². The summed E-state index contributed by atoms with van der Waals surface area (Å²) in [5.74, 6) is 2.06.